The van der Waals surface area contributed by atoms with Gasteiger partial charge in [0.1, 0.15) is 6.61 Å². The molecule has 2 N–H and O–H groups in total. The Balaban J connectivity index is 2.09. The van der Waals surface area contributed by atoms with Crippen LogP contribution in [-0.2, 0) is 0 Å². The van der Waals surface area contributed by atoms with Crippen LogP contribution in [0.5, 0.6) is 0 Å². The van der Waals surface area contributed by atoms with E-state index in [9.17, 15) is 4.79 Å². The second-order valence-electron chi connectivity index (χ2n) is 4.17. The maximum atomic E-state index is 12.1. The first-order valence-corrected chi connectivity index (χ1v) is 7.02. The van der Waals surface area contributed by atoms with Crippen molar-refractivity contribution in [1.29, 1.82) is 0 Å². The van der Waals surface area contributed by atoms with Crippen LogP contribution in [0.3, 0.4) is 0 Å². The van der Waals surface area contributed by atoms with Gasteiger partial charge in [-0.15, -0.1) is 0 Å². The van der Waals surface area contributed by atoms with Gasteiger partial charge in [-0.3, -0.25) is 9.78 Å². The molecule has 0 aliphatic heterocycles. The Morgan fingerprint density at radius 1 is 1.55 bits per heavy atom. The molecular formula is C15H14N2O2S. The lowest BCUT2D eigenvalue weighted by Crippen LogP contribution is -2.26. The van der Waals surface area contributed by atoms with E-state index in [4.69, 9.17) is 5.11 Å². The number of aliphatic hydroxyl groups excluding tert-OH is 1. The highest BCUT2D eigenvalue weighted by atomic mass is 32.1. The van der Waals surface area contributed by atoms with Crippen LogP contribution in [0.25, 0.3) is 0 Å². The fourth-order valence-electron chi connectivity index (χ4n) is 1.66. The zero-order chi connectivity index (χ0) is 14.4. The summed E-state index contributed by atoms with van der Waals surface area (Å²) in [5, 5.41) is 15.6. The van der Waals surface area contributed by atoms with Crippen molar-refractivity contribution in [2.75, 3.05) is 6.61 Å². The number of hydrogen-bond acceptors (Lipinski definition) is 4. The van der Waals surface area contributed by atoms with Gasteiger partial charge in [0.2, 0.25) is 0 Å². The molecule has 0 bridgehead atoms. The molecule has 1 atom stereocenters. The van der Waals surface area contributed by atoms with E-state index in [1.54, 1.807) is 23.6 Å². The zero-order valence-electron chi connectivity index (χ0n) is 11.0. The molecule has 20 heavy (non-hydrogen) atoms. The summed E-state index contributed by atoms with van der Waals surface area (Å²) in [6.07, 6.45) is 3.06. The predicted molar refractivity (Wildman–Crippen MR) is 78.4 cm³/mol. The van der Waals surface area contributed by atoms with Crippen LogP contribution in [-0.4, -0.2) is 22.6 Å². The number of carbonyl (C=O) groups is 1. The molecular weight excluding hydrogens is 272 g/mol. The summed E-state index contributed by atoms with van der Waals surface area (Å²) >= 11 is 1.60. The molecule has 2 rings (SSSR count). The molecule has 0 saturated heterocycles. The Morgan fingerprint density at radius 3 is 3.10 bits per heavy atom. The van der Waals surface area contributed by atoms with Gasteiger partial charge in [-0.1, -0.05) is 11.8 Å². The Morgan fingerprint density at radius 2 is 2.40 bits per heavy atom. The van der Waals surface area contributed by atoms with E-state index in [0.717, 1.165) is 5.56 Å². The molecule has 2 aromatic heterocycles. The fourth-order valence-corrected chi connectivity index (χ4v) is 2.41. The molecule has 4 nitrogen and oxygen atoms in total. The fraction of sp³-hybridized carbons (Fsp3) is 0.200. The molecule has 0 saturated carbocycles. The van der Waals surface area contributed by atoms with Crippen molar-refractivity contribution in [2.45, 2.75) is 13.0 Å². The number of rotatable bonds is 3. The summed E-state index contributed by atoms with van der Waals surface area (Å²) < 4.78 is 0. The molecule has 0 fully saturated rings. The molecule has 0 aliphatic carbocycles. The number of carbonyl (C=O) groups excluding carboxylic acids is 1. The first-order valence-electron chi connectivity index (χ1n) is 6.08. The van der Waals surface area contributed by atoms with E-state index in [0.29, 0.717) is 11.1 Å². The van der Waals surface area contributed by atoms with E-state index >= 15 is 0 Å². The second-order valence-corrected chi connectivity index (χ2v) is 4.95. The van der Waals surface area contributed by atoms with Crippen molar-refractivity contribution in [2.24, 2.45) is 0 Å². The largest absolute Gasteiger partial charge is 0.384 e. The highest BCUT2D eigenvalue weighted by molar-refractivity contribution is 7.07. The van der Waals surface area contributed by atoms with E-state index < -0.39 is 0 Å². The minimum Gasteiger partial charge on any atom is -0.384 e. The number of amides is 1. The van der Waals surface area contributed by atoms with Crippen LogP contribution in [0.2, 0.25) is 0 Å². The SMILES string of the molecule is CC(NC(=O)c1cncc(C#CCO)c1)c1ccsc1. The minimum absolute atomic E-state index is 0.0547. The smallest absolute Gasteiger partial charge is 0.253 e. The van der Waals surface area contributed by atoms with Gasteiger partial charge >= 0.3 is 0 Å². The molecule has 0 radical (unpaired) electrons. The van der Waals surface area contributed by atoms with E-state index in [2.05, 4.69) is 22.1 Å². The first kappa shape index (κ1) is 14.3. The molecule has 0 aromatic carbocycles. The minimum atomic E-state index is -0.217. The molecule has 2 aromatic rings. The number of aromatic nitrogens is 1. The van der Waals surface area contributed by atoms with E-state index in [1.807, 2.05) is 23.8 Å². The number of pyridine rings is 1. The quantitative estimate of drug-likeness (QED) is 0.848. The number of nitrogens with zero attached hydrogens (tertiary/aromatic N) is 1. The average Bonchev–Trinajstić information content (AvgIpc) is 2.99. The van der Waals surface area contributed by atoms with Crippen molar-refractivity contribution in [3.63, 3.8) is 0 Å². The number of hydrogen-bond donors (Lipinski definition) is 2. The van der Waals surface area contributed by atoms with Crippen LogP contribution in [0.4, 0.5) is 0 Å². The van der Waals surface area contributed by atoms with Crippen molar-refractivity contribution < 1.29 is 9.90 Å². The number of aliphatic hydroxyl groups is 1. The molecule has 1 amide bonds. The third kappa shape index (κ3) is 3.67. The van der Waals surface area contributed by atoms with Gasteiger partial charge in [-0.2, -0.15) is 11.3 Å². The molecule has 102 valence electrons. The van der Waals surface area contributed by atoms with Crippen LogP contribution >= 0.6 is 11.3 Å². The van der Waals surface area contributed by atoms with E-state index in [-0.39, 0.29) is 18.6 Å². The first-order chi connectivity index (χ1) is 9.70. The summed E-state index contributed by atoms with van der Waals surface area (Å²) in [7, 11) is 0. The summed E-state index contributed by atoms with van der Waals surface area (Å²) in [6, 6.07) is 3.59. The molecule has 2 heterocycles. The van der Waals surface area contributed by atoms with Gasteiger partial charge in [0.05, 0.1) is 11.6 Å². The normalized spacial score (nSPS) is 11.3. The van der Waals surface area contributed by atoms with Gasteiger partial charge in [0.25, 0.3) is 5.91 Å². The van der Waals surface area contributed by atoms with Gasteiger partial charge in [-0.05, 0) is 35.4 Å². The van der Waals surface area contributed by atoms with Crippen molar-refractivity contribution in [3.05, 3.63) is 52.0 Å². The van der Waals surface area contributed by atoms with Crippen molar-refractivity contribution in [3.8, 4) is 11.8 Å². The summed E-state index contributed by atoms with van der Waals surface area (Å²) in [6.45, 7) is 1.72. The Hall–Kier alpha value is -2.16. The summed E-state index contributed by atoms with van der Waals surface area (Å²) in [5.41, 5.74) is 2.14. The monoisotopic (exact) mass is 286 g/mol. The van der Waals surface area contributed by atoms with Gasteiger partial charge in [-0.25, -0.2) is 0 Å². The average molecular weight is 286 g/mol. The maximum absolute atomic E-state index is 12.1. The highest BCUT2D eigenvalue weighted by Crippen LogP contribution is 2.16. The Bertz CT molecular complexity index is 641. The predicted octanol–water partition coefficient (Wildman–Crippen LogP) is 1.98. The lowest BCUT2D eigenvalue weighted by atomic mass is 10.1. The maximum Gasteiger partial charge on any atom is 0.253 e. The number of thiophene rings is 1. The van der Waals surface area contributed by atoms with Crippen LogP contribution in [0.1, 0.15) is 34.5 Å². The number of nitrogens with one attached hydrogen (secondary N) is 1. The zero-order valence-corrected chi connectivity index (χ0v) is 11.8. The van der Waals surface area contributed by atoms with Gasteiger partial charge < -0.3 is 10.4 Å². The third-order valence-electron chi connectivity index (χ3n) is 2.70. The van der Waals surface area contributed by atoms with Crippen molar-refractivity contribution in [1.82, 2.24) is 10.3 Å². The van der Waals surface area contributed by atoms with Gasteiger partial charge in [0.15, 0.2) is 0 Å². The van der Waals surface area contributed by atoms with Crippen LogP contribution in [0.15, 0.2) is 35.3 Å². The Labute approximate surface area is 121 Å². The lowest BCUT2D eigenvalue weighted by molar-refractivity contribution is 0.0939. The third-order valence-corrected chi connectivity index (χ3v) is 3.40. The summed E-state index contributed by atoms with van der Waals surface area (Å²) in [4.78, 5) is 16.1. The molecule has 5 heteroatoms. The standard InChI is InChI=1S/C15H14N2O2S/c1-11(13-4-6-20-10-13)17-15(19)14-7-12(3-2-5-18)8-16-9-14/h4,6-11,18H,5H2,1H3,(H,17,19). The highest BCUT2D eigenvalue weighted by Gasteiger charge is 2.12. The molecule has 0 aliphatic rings. The second kappa shape index (κ2) is 6.85. The topological polar surface area (TPSA) is 62.2 Å². The molecule has 0 spiro atoms. The lowest BCUT2D eigenvalue weighted by Gasteiger charge is -2.12. The van der Waals surface area contributed by atoms with Crippen molar-refractivity contribution >= 4 is 17.2 Å². The summed E-state index contributed by atoms with van der Waals surface area (Å²) in [5.74, 6) is 5.07. The van der Waals surface area contributed by atoms with Crippen LogP contribution in [0, 0.1) is 11.8 Å². The Kier molecular flexibility index (Phi) is 4.88. The van der Waals surface area contributed by atoms with E-state index in [1.165, 1.54) is 6.20 Å². The van der Waals surface area contributed by atoms with Gasteiger partial charge in [0, 0.05) is 18.0 Å². The molecule has 1 unspecified atom stereocenters. The van der Waals surface area contributed by atoms with Crippen LogP contribution < -0.4 is 5.32 Å².